The number of amides is 1. The van der Waals surface area contributed by atoms with Crippen molar-refractivity contribution in [2.24, 2.45) is 5.41 Å². The van der Waals surface area contributed by atoms with E-state index in [2.05, 4.69) is 65.7 Å². The molecule has 1 aliphatic rings. The van der Waals surface area contributed by atoms with Gasteiger partial charge in [-0.1, -0.05) is 32.1 Å². The summed E-state index contributed by atoms with van der Waals surface area (Å²) in [6.07, 6.45) is 4.54. The highest BCUT2D eigenvalue weighted by Gasteiger charge is 2.21. The third kappa shape index (κ3) is 6.17. The van der Waals surface area contributed by atoms with Gasteiger partial charge in [0.1, 0.15) is 22.0 Å². The third-order valence-corrected chi connectivity index (χ3v) is 7.12. The lowest BCUT2D eigenvalue weighted by Gasteiger charge is -2.30. The predicted octanol–water partition coefficient (Wildman–Crippen LogP) is 4.39. The van der Waals surface area contributed by atoms with Crippen LogP contribution in [0.4, 0.5) is 16.8 Å². The van der Waals surface area contributed by atoms with Crippen LogP contribution in [0, 0.1) is 5.41 Å². The molecule has 3 aromatic rings. The van der Waals surface area contributed by atoms with Gasteiger partial charge in [0.05, 0.1) is 0 Å². The highest BCUT2D eigenvalue weighted by molar-refractivity contribution is 7.21. The summed E-state index contributed by atoms with van der Waals surface area (Å²) in [5, 5.41) is 11.4. The van der Waals surface area contributed by atoms with Gasteiger partial charge in [0.15, 0.2) is 5.13 Å². The first kappa shape index (κ1) is 23.4. The molecule has 33 heavy (non-hydrogen) atoms. The molecule has 0 aliphatic carbocycles. The van der Waals surface area contributed by atoms with Crippen molar-refractivity contribution in [2.45, 2.75) is 59.2 Å². The van der Waals surface area contributed by atoms with Crippen LogP contribution >= 0.6 is 11.3 Å². The smallest absolute Gasteiger partial charge is 0.209 e. The summed E-state index contributed by atoms with van der Waals surface area (Å²) in [5.41, 5.74) is 2.20. The van der Waals surface area contributed by atoms with Crippen LogP contribution in [0.5, 0.6) is 0 Å². The first-order valence-corrected chi connectivity index (χ1v) is 12.3. The van der Waals surface area contributed by atoms with Gasteiger partial charge in [0, 0.05) is 37.9 Å². The largest absolute Gasteiger partial charge is 0.367 e. The molecule has 1 aliphatic heterocycles. The van der Waals surface area contributed by atoms with Crippen molar-refractivity contribution >= 4 is 44.9 Å². The van der Waals surface area contributed by atoms with E-state index in [1.54, 1.807) is 6.20 Å². The van der Waals surface area contributed by atoms with E-state index in [0.717, 1.165) is 71.6 Å². The lowest BCUT2D eigenvalue weighted by atomic mass is 9.88. The Hall–Kier alpha value is -2.78. The van der Waals surface area contributed by atoms with Crippen LogP contribution in [0.25, 0.3) is 10.3 Å². The van der Waals surface area contributed by atoms with Crippen LogP contribution in [-0.2, 0) is 11.3 Å². The highest BCUT2D eigenvalue weighted by Crippen LogP contribution is 2.28. The van der Waals surface area contributed by atoms with Crippen molar-refractivity contribution in [3.63, 3.8) is 0 Å². The van der Waals surface area contributed by atoms with Crippen LogP contribution in [-0.4, -0.2) is 51.4 Å². The Morgan fingerprint density at radius 1 is 1.21 bits per heavy atom. The van der Waals surface area contributed by atoms with Crippen LogP contribution in [0.1, 0.15) is 46.1 Å². The van der Waals surface area contributed by atoms with Gasteiger partial charge < -0.3 is 20.9 Å². The van der Waals surface area contributed by atoms with E-state index in [4.69, 9.17) is 4.98 Å². The number of hydrogen-bond donors (Lipinski definition) is 3. The summed E-state index contributed by atoms with van der Waals surface area (Å²) in [6, 6.07) is 8.70. The van der Waals surface area contributed by atoms with E-state index in [1.165, 1.54) is 11.3 Å². The minimum atomic E-state index is 0.176. The van der Waals surface area contributed by atoms with Crippen molar-refractivity contribution in [1.82, 2.24) is 25.2 Å². The van der Waals surface area contributed by atoms with E-state index >= 15 is 0 Å². The summed E-state index contributed by atoms with van der Waals surface area (Å²) in [7, 11) is 0. The number of pyridine rings is 2. The number of carbonyl (C=O) groups excluding carboxylic acids is 1. The van der Waals surface area contributed by atoms with Gasteiger partial charge in [0.25, 0.3) is 0 Å². The Bertz CT molecular complexity index is 1050. The maximum absolute atomic E-state index is 11.0. The molecule has 8 nitrogen and oxygen atoms in total. The third-order valence-electron chi connectivity index (χ3n) is 6.23. The number of hydrogen-bond acceptors (Lipinski definition) is 8. The Balaban J connectivity index is 1.53. The summed E-state index contributed by atoms with van der Waals surface area (Å²) in [4.78, 5) is 27.6. The van der Waals surface area contributed by atoms with E-state index in [-0.39, 0.29) is 5.41 Å². The SMILES string of the molecule is CC(NCc1cc(Nc2nc3cccnc3s2)nc(NC2CCN(C=O)CC2)c1)C(C)(C)C. The molecule has 0 saturated carbocycles. The van der Waals surface area contributed by atoms with Crippen LogP contribution in [0.3, 0.4) is 0 Å². The van der Waals surface area contributed by atoms with Gasteiger partial charge in [-0.25, -0.2) is 15.0 Å². The second-order valence-corrected chi connectivity index (χ2v) is 10.7. The van der Waals surface area contributed by atoms with E-state index in [9.17, 15) is 4.79 Å². The van der Waals surface area contributed by atoms with Gasteiger partial charge >= 0.3 is 0 Å². The van der Waals surface area contributed by atoms with Crippen molar-refractivity contribution in [2.75, 3.05) is 23.7 Å². The Labute approximate surface area is 199 Å². The van der Waals surface area contributed by atoms with Gasteiger partial charge in [0.2, 0.25) is 6.41 Å². The average molecular weight is 468 g/mol. The zero-order chi connectivity index (χ0) is 23.4. The average Bonchev–Trinajstić information content (AvgIpc) is 3.19. The Morgan fingerprint density at radius 3 is 2.67 bits per heavy atom. The molecule has 1 fully saturated rings. The quantitative estimate of drug-likeness (QED) is 0.423. The molecule has 0 bridgehead atoms. The molecule has 1 saturated heterocycles. The number of nitrogens with one attached hydrogen (secondary N) is 3. The maximum atomic E-state index is 11.0. The monoisotopic (exact) mass is 467 g/mol. The summed E-state index contributed by atoms with van der Waals surface area (Å²) >= 11 is 1.52. The minimum Gasteiger partial charge on any atom is -0.367 e. The number of nitrogens with zero attached hydrogens (tertiary/aromatic N) is 4. The molecular formula is C24H33N7OS. The fraction of sp³-hybridized carbons (Fsp3) is 0.500. The zero-order valence-corrected chi connectivity index (χ0v) is 20.6. The van der Waals surface area contributed by atoms with Crippen molar-refractivity contribution in [3.05, 3.63) is 36.0 Å². The van der Waals surface area contributed by atoms with Gasteiger partial charge in [-0.3, -0.25) is 4.79 Å². The molecule has 1 unspecified atom stereocenters. The highest BCUT2D eigenvalue weighted by atomic mass is 32.1. The number of rotatable bonds is 8. The number of piperidine rings is 1. The van der Waals surface area contributed by atoms with Crippen molar-refractivity contribution < 1.29 is 4.79 Å². The number of aromatic nitrogens is 3. The Kier molecular flexibility index (Phi) is 7.09. The standard InChI is InChI=1S/C24H33N7OS/c1-16(24(2,3)4)26-14-17-12-20(27-18-7-10-31(15-32)11-8-18)29-21(13-17)30-23-28-19-6-5-9-25-22(19)33-23/h5-6,9,12-13,15-16,18,26H,7-8,10-11,14H2,1-4H3,(H2,27,28,29,30). The minimum absolute atomic E-state index is 0.176. The molecule has 3 N–H and O–H groups in total. The lowest BCUT2D eigenvalue weighted by molar-refractivity contribution is -0.118. The molecule has 9 heteroatoms. The fourth-order valence-electron chi connectivity index (χ4n) is 3.70. The second kappa shape index (κ2) is 10.0. The van der Waals surface area contributed by atoms with E-state index in [0.29, 0.717) is 12.1 Å². The number of carbonyl (C=O) groups is 1. The topological polar surface area (TPSA) is 95.1 Å². The number of thiazole rings is 1. The van der Waals surface area contributed by atoms with E-state index < -0.39 is 0 Å². The first-order chi connectivity index (χ1) is 15.8. The van der Waals surface area contributed by atoms with Gasteiger partial charge in [-0.2, -0.15) is 0 Å². The van der Waals surface area contributed by atoms with Crippen molar-refractivity contribution in [1.29, 1.82) is 0 Å². The second-order valence-electron chi connectivity index (χ2n) is 9.75. The summed E-state index contributed by atoms with van der Waals surface area (Å²) in [6.45, 7) is 11.2. The molecule has 176 valence electrons. The molecule has 0 spiro atoms. The number of likely N-dealkylation sites (tertiary alicyclic amines) is 1. The molecule has 1 amide bonds. The Morgan fingerprint density at radius 2 is 1.97 bits per heavy atom. The molecule has 0 aromatic carbocycles. The predicted molar refractivity (Wildman–Crippen MR) is 135 cm³/mol. The number of fused-ring (bicyclic) bond motifs is 1. The summed E-state index contributed by atoms with van der Waals surface area (Å²) < 4.78 is 0. The first-order valence-electron chi connectivity index (χ1n) is 11.5. The van der Waals surface area contributed by atoms with Gasteiger partial charge in [-0.15, -0.1) is 0 Å². The lowest BCUT2D eigenvalue weighted by Crippen LogP contribution is -2.38. The molecule has 4 rings (SSSR count). The maximum Gasteiger partial charge on any atom is 0.209 e. The molecule has 3 aromatic heterocycles. The van der Waals surface area contributed by atoms with Crippen LogP contribution in [0.2, 0.25) is 0 Å². The fourth-order valence-corrected chi connectivity index (χ4v) is 4.51. The number of anilines is 3. The van der Waals surface area contributed by atoms with Gasteiger partial charge in [-0.05, 0) is 55.0 Å². The zero-order valence-electron chi connectivity index (χ0n) is 19.8. The van der Waals surface area contributed by atoms with Crippen molar-refractivity contribution in [3.8, 4) is 0 Å². The molecular weight excluding hydrogens is 434 g/mol. The molecule has 4 heterocycles. The van der Waals surface area contributed by atoms with Crippen LogP contribution in [0.15, 0.2) is 30.5 Å². The van der Waals surface area contributed by atoms with E-state index in [1.807, 2.05) is 17.0 Å². The normalized spacial score (nSPS) is 16.1. The van der Waals surface area contributed by atoms with Crippen LogP contribution < -0.4 is 16.0 Å². The molecule has 1 atom stereocenters. The summed E-state index contributed by atoms with van der Waals surface area (Å²) in [5.74, 6) is 1.59. The molecule has 0 radical (unpaired) electrons.